The van der Waals surface area contributed by atoms with Crippen LogP contribution < -0.4 is 10.3 Å². The van der Waals surface area contributed by atoms with Crippen LogP contribution in [0.25, 0.3) is 0 Å². The minimum Gasteiger partial charge on any atom is -0.356 e. The molecule has 0 amide bonds. The van der Waals surface area contributed by atoms with Gasteiger partial charge in [0.15, 0.2) is 11.6 Å². The van der Waals surface area contributed by atoms with Crippen LogP contribution in [0.3, 0.4) is 0 Å². The maximum Gasteiger partial charge on any atom is 0.159 e. The van der Waals surface area contributed by atoms with Gasteiger partial charge in [-0.05, 0) is 62.8 Å². The van der Waals surface area contributed by atoms with E-state index in [1.54, 1.807) is 19.2 Å². The van der Waals surface area contributed by atoms with Crippen molar-refractivity contribution in [3.63, 3.8) is 0 Å². The van der Waals surface area contributed by atoms with Gasteiger partial charge in [0.05, 0.1) is 6.21 Å². The van der Waals surface area contributed by atoms with Crippen molar-refractivity contribution in [2.75, 3.05) is 23.4 Å². The summed E-state index contributed by atoms with van der Waals surface area (Å²) in [5.74, 6) is 2.48. The summed E-state index contributed by atoms with van der Waals surface area (Å²) in [4.78, 5) is 27.9. The first kappa shape index (κ1) is 27.0. The Labute approximate surface area is 215 Å². The molecule has 0 radical (unpaired) electrons. The summed E-state index contributed by atoms with van der Waals surface area (Å²) in [5.41, 5.74) is 5.68. The Bertz CT molecular complexity index is 1110. The number of aromatic nitrogens is 3. The van der Waals surface area contributed by atoms with E-state index in [4.69, 9.17) is 9.97 Å². The van der Waals surface area contributed by atoms with Crippen LogP contribution in [0.4, 0.5) is 11.6 Å². The van der Waals surface area contributed by atoms with Gasteiger partial charge >= 0.3 is 0 Å². The number of benzene rings is 1. The fraction of sp³-hybridized carbons (Fsp3) is 0.414. The smallest absolute Gasteiger partial charge is 0.159 e. The topological polar surface area (TPSA) is 83.4 Å². The number of ketones is 1. The molecule has 7 heteroatoms. The van der Waals surface area contributed by atoms with Gasteiger partial charge in [0.2, 0.25) is 0 Å². The van der Waals surface area contributed by atoms with Gasteiger partial charge in [-0.15, -0.1) is 0 Å². The molecule has 0 spiro atoms. The number of hydrogen-bond donors (Lipinski definition) is 1. The number of pyridine rings is 1. The Kier molecular flexibility index (Phi) is 11.0. The van der Waals surface area contributed by atoms with Crippen LogP contribution in [0.15, 0.2) is 59.8 Å². The third-order valence-corrected chi connectivity index (χ3v) is 5.68. The average molecular weight is 487 g/mol. The fourth-order valence-corrected chi connectivity index (χ4v) is 3.92. The lowest BCUT2D eigenvalue weighted by molar-refractivity contribution is 0.101. The molecular weight excluding hydrogens is 448 g/mol. The van der Waals surface area contributed by atoms with Crippen molar-refractivity contribution >= 4 is 23.6 Å². The summed E-state index contributed by atoms with van der Waals surface area (Å²) in [6, 6.07) is 15.4. The van der Waals surface area contributed by atoms with E-state index < -0.39 is 0 Å². The standard InChI is InChI=1S/C26H30N6O.C3H8/c1-20(33)22-10-7-9-21(17-22)19-28-31-25-18-26(32-15-5-2-6-16-32)30-24(29-25)13-8-12-23-11-3-4-14-27-23;1-3-2/h3-4,7,9-11,14,17-19H,2,5-6,8,12-13,15-16H2,1H3,(H,29,30,31);3H2,1-2H3/b28-19+;. The van der Waals surface area contributed by atoms with E-state index in [0.29, 0.717) is 11.4 Å². The van der Waals surface area contributed by atoms with E-state index in [2.05, 4.69) is 34.3 Å². The van der Waals surface area contributed by atoms with Gasteiger partial charge < -0.3 is 4.90 Å². The number of carbonyl (C=O) groups excluding carboxylic acids is 1. The first-order chi connectivity index (χ1) is 17.6. The van der Waals surface area contributed by atoms with E-state index in [1.807, 2.05) is 48.7 Å². The molecule has 1 saturated heterocycles. The molecule has 190 valence electrons. The number of aryl methyl sites for hydroxylation is 2. The van der Waals surface area contributed by atoms with Crippen LogP contribution in [-0.2, 0) is 12.8 Å². The molecule has 1 N–H and O–H groups in total. The third-order valence-electron chi connectivity index (χ3n) is 5.68. The Morgan fingerprint density at radius 1 is 1.03 bits per heavy atom. The quantitative estimate of drug-likeness (QED) is 0.223. The number of piperidine rings is 1. The number of Topliss-reactive ketones (excluding diaryl/α,β-unsaturated/α-hetero) is 1. The van der Waals surface area contributed by atoms with Crippen molar-refractivity contribution in [3.05, 3.63) is 77.4 Å². The highest BCUT2D eigenvalue weighted by atomic mass is 16.1. The van der Waals surface area contributed by atoms with Crippen LogP contribution in [0.5, 0.6) is 0 Å². The van der Waals surface area contributed by atoms with Gasteiger partial charge in [0.1, 0.15) is 11.6 Å². The molecule has 3 aromatic rings. The molecule has 1 fully saturated rings. The van der Waals surface area contributed by atoms with E-state index in [9.17, 15) is 4.79 Å². The SMILES string of the molecule is CC(=O)c1cccc(/C=N/Nc2cc(N3CCCCC3)nc(CCCc3ccccn3)n2)c1.CCC. The molecule has 1 aromatic carbocycles. The minimum atomic E-state index is 0.0375. The molecule has 0 atom stereocenters. The molecule has 1 aliphatic heterocycles. The molecule has 2 aromatic heterocycles. The molecule has 3 heterocycles. The summed E-state index contributed by atoms with van der Waals surface area (Å²) in [5, 5.41) is 4.36. The van der Waals surface area contributed by atoms with Gasteiger partial charge in [-0.25, -0.2) is 9.97 Å². The van der Waals surface area contributed by atoms with Gasteiger partial charge in [-0.1, -0.05) is 44.5 Å². The van der Waals surface area contributed by atoms with Crippen molar-refractivity contribution < 1.29 is 4.79 Å². The first-order valence-electron chi connectivity index (χ1n) is 13.0. The van der Waals surface area contributed by atoms with Gasteiger partial charge in [-0.2, -0.15) is 5.10 Å². The van der Waals surface area contributed by atoms with Crippen LogP contribution in [0.1, 0.15) is 80.3 Å². The monoisotopic (exact) mass is 486 g/mol. The van der Waals surface area contributed by atoms with E-state index >= 15 is 0 Å². The molecule has 0 saturated carbocycles. The van der Waals surface area contributed by atoms with Gasteiger partial charge in [-0.3, -0.25) is 15.2 Å². The maximum absolute atomic E-state index is 11.6. The van der Waals surface area contributed by atoms with E-state index in [-0.39, 0.29) is 5.78 Å². The molecule has 0 unspecified atom stereocenters. The lowest BCUT2D eigenvalue weighted by Gasteiger charge is -2.28. The second-order valence-corrected chi connectivity index (χ2v) is 9.01. The molecular formula is C29H38N6O. The molecule has 1 aliphatic rings. The lowest BCUT2D eigenvalue weighted by atomic mass is 10.1. The van der Waals surface area contributed by atoms with Crippen molar-refractivity contribution in [1.82, 2.24) is 15.0 Å². The summed E-state index contributed by atoms with van der Waals surface area (Å²) in [6.45, 7) is 7.85. The third kappa shape index (κ3) is 8.87. The lowest BCUT2D eigenvalue weighted by Crippen LogP contribution is -2.30. The van der Waals surface area contributed by atoms with Crippen molar-refractivity contribution in [2.24, 2.45) is 5.10 Å². The predicted octanol–water partition coefficient (Wildman–Crippen LogP) is 6.10. The molecule has 0 bridgehead atoms. The second-order valence-electron chi connectivity index (χ2n) is 9.01. The van der Waals surface area contributed by atoms with Crippen molar-refractivity contribution in [3.8, 4) is 0 Å². The molecule has 36 heavy (non-hydrogen) atoms. The number of carbonyl (C=O) groups is 1. The number of rotatable bonds is 9. The Morgan fingerprint density at radius 3 is 2.56 bits per heavy atom. The Morgan fingerprint density at radius 2 is 1.83 bits per heavy atom. The Balaban J connectivity index is 0.00000115. The van der Waals surface area contributed by atoms with Crippen LogP contribution >= 0.6 is 0 Å². The summed E-state index contributed by atoms with van der Waals surface area (Å²) in [7, 11) is 0. The maximum atomic E-state index is 11.6. The van der Waals surface area contributed by atoms with Crippen LogP contribution in [0.2, 0.25) is 0 Å². The highest BCUT2D eigenvalue weighted by molar-refractivity contribution is 5.96. The van der Waals surface area contributed by atoms with Crippen LogP contribution in [0, 0.1) is 0 Å². The van der Waals surface area contributed by atoms with Gasteiger partial charge in [0, 0.05) is 43.0 Å². The largest absolute Gasteiger partial charge is 0.356 e. The van der Waals surface area contributed by atoms with Crippen molar-refractivity contribution in [2.45, 2.75) is 65.7 Å². The van der Waals surface area contributed by atoms with Gasteiger partial charge in [0.25, 0.3) is 0 Å². The van der Waals surface area contributed by atoms with E-state index in [0.717, 1.165) is 55.3 Å². The number of nitrogens with zero attached hydrogens (tertiary/aromatic N) is 5. The molecule has 0 aliphatic carbocycles. The summed E-state index contributed by atoms with van der Waals surface area (Å²) in [6.07, 6.45) is 11.0. The number of hydrazone groups is 1. The minimum absolute atomic E-state index is 0.0375. The van der Waals surface area contributed by atoms with E-state index in [1.165, 1.54) is 25.7 Å². The second kappa shape index (κ2) is 14.7. The van der Waals surface area contributed by atoms with Crippen LogP contribution in [-0.4, -0.2) is 40.0 Å². The molecule has 4 rings (SSSR count). The normalized spacial score (nSPS) is 13.2. The highest BCUT2D eigenvalue weighted by Crippen LogP contribution is 2.21. The molecule has 7 nitrogen and oxygen atoms in total. The fourth-order valence-electron chi connectivity index (χ4n) is 3.92. The zero-order chi connectivity index (χ0) is 25.6. The zero-order valence-electron chi connectivity index (χ0n) is 21.8. The number of anilines is 2. The Hall–Kier alpha value is -3.61. The number of nitrogens with one attached hydrogen (secondary N) is 1. The average Bonchev–Trinajstić information content (AvgIpc) is 2.90. The highest BCUT2D eigenvalue weighted by Gasteiger charge is 2.15. The summed E-state index contributed by atoms with van der Waals surface area (Å²) >= 11 is 0. The summed E-state index contributed by atoms with van der Waals surface area (Å²) < 4.78 is 0. The zero-order valence-corrected chi connectivity index (χ0v) is 21.8. The first-order valence-corrected chi connectivity index (χ1v) is 13.0. The predicted molar refractivity (Wildman–Crippen MR) is 148 cm³/mol. The van der Waals surface area contributed by atoms with Crippen molar-refractivity contribution in [1.29, 1.82) is 0 Å². The number of hydrogen-bond acceptors (Lipinski definition) is 7.